The topological polar surface area (TPSA) is 44.9 Å². The number of pyridine rings is 1. The molecule has 47 heavy (non-hydrogen) atoms. The van der Waals surface area contributed by atoms with Crippen LogP contribution in [0.5, 0.6) is 11.5 Å². The van der Waals surface area contributed by atoms with E-state index in [-0.39, 0.29) is 38.5 Å². The Morgan fingerprint density at radius 2 is 1.47 bits per heavy atom. The molecule has 0 fully saturated rings. The van der Waals surface area contributed by atoms with Crippen LogP contribution in [0.1, 0.15) is 56.5 Å². The molecule has 0 aliphatic rings. The zero-order valence-electron chi connectivity index (χ0n) is 26.6. The Kier molecular flexibility index (Phi) is 8.86. The van der Waals surface area contributed by atoms with E-state index in [1.165, 1.54) is 18.2 Å². The van der Waals surface area contributed by atoms with Crippen molar-refractivity contribution in [2.24, 2.45) is 0 Å². The van der Waals surface area contributed by atoms with Crippen LogP contribution < -0.4 is 4.74 Å². The molecular weight excluding hydrogens is 774 g/mol. The van der Waals surface area contributed by atoms with Gasteiger partial charge < -0.3 is 9.30 Å². The van der Waals surface area contributed by atoms with Gasteiger partial charge in [0.2, 0.25) is 0 Å². The number of aryl methyl sites for hydroxylation is 1. The Morgan fingerprint density at radius 1 is 0.745 bits per heavy atom. The summed E-state index contributed by atoms with van der Waals surface area (Å²) in [5.74, 6) is 0.361. The molecule has 5 nitrogen and oxygen atoms in total. The van der Waals surface area contributed by atoms with Gasteiger partial charge >= 0.3 is 21.1 Å². The predicted molar refractivity (Wildman–Crippen MR) is 178 cm³/mol. The van der Waals surface area contributed by atoms with Crippen LogP contribution in [0.25, 0.3) is 44.4 Å². The van der Waals surface area contributed by atoms with Gasteiger partial charge in [-0.15, -0.1) is 35.7 Å². The van der Waals surface area contributed by atoms with Crippen LogP contribution in [0.3, 0.4) is 0 Å². The summed E-state index contributed by atoms with van der Waals surface area (Å²) in [6.07, 6.45) is 1.81. The molecule has 0 atom stereocenters. The Bertz CT molecular complexity index is 2230. The van der Waals surface area contributed by atoms with E-state index in [9.17, 15) is 0 Å². The van der Waals surface area contributed by atoms with Crippen molar-refractivity contribution in [3.63, 3.8) is 0 Å². The summed E-state index contributed by atoms with van der Waals surface area (Å²) in [5.41, 5.74) is 5.32. The minimum absolute atomic E-state index is 0. The third-order valence-corrected chi connectivity index (χ3v) is 8.14. The molecule has 0 unspecified atom stereocenters. The van der Waals surface area contributed by atoms with Gasteiger partial charge in [0, 0.05) is 28.8 Å². The Morgan fingerprint density at radius 3 is 2.19 bits per heavy atom. The summed E-state index contributed by atoms with van der Waals surface area (Å²) < 4.78 is 40.5. The molecule has 0 aliphatic carbocycles. The number of halogens is 2. The number of rotatable bonds is 7. The first-order valence-corrected chi connectivity index (χ1v) is 15.4. The molecule has 0 bridgehead atoms. The van der Waals surface area contributed by atoms with Gasteiger partial charge in [-0.2, -0.15) is 17.2 Å². The normalized spacial score (nSPS) is 11.5. The quantitative estimate of drug-likeness (QED) is 0.151. The minimum Gasteiger partial charge on any atom is -0.509 e. The van der Waals surface area contributed by atoms with Gasteiger partial charge in [-0.1, -0.05) is 57.5 Å². The van der Waals surface area contributed by atoms with Crippen molar-refractivity contribution in [3.05, 3.63) is 132 Å². The molecule has 238 valence electrons. The number of nitrogens with zero attached hydrogens (tertiary/aromatic N) is 4. The first kappa shape index (κ1) is 32.3. The van der Waals surface area contributed by atoms with Crippen molar-refractivity contribution in [1.29, 1.82) is 0 Å². The predicted octanol–water partition coefficient (Wildman–Crippen LogP) is 10.3. The summed E-state index contributed by atoms with van der Waals surface area (Å²) in [6.45, 7) is 9.98. The zero-order chi connectivity index (χ0) is 32.1. The van der Waals surface area contributed by atoms with Crippen LogP contribution in [0.4, 0.5) is 8.78 Å². The average molecular weight is 806 g/mol. The molecular formula is C39H32F2N4OPt. The van der Waals surface area contributed by atoms with Gasteiger partial charge in [0.1, 0.15) is 17.5 Å². The maximum Gasteiger partial charge on any atom is 2.00 e. The first-order valence-electron chi connectivity index (χ1n) is 15.4. The summed E-state index contributed by atoms with van der Waals surface area (Å²) >= 11 is 0. The second-order valence-corrected chi connectivity index (χ2v) is 12.1. The van der Waals surface area contributed by atoms with Gasteiger partial charge in [-0.3, -0.25) is 4.68 Å². The molecule has 8 heteroatoms. The number of hydrogen-bond acceptors (Lipinski definition) is 3. The summed E-state index contributed by atoms with van der Waals surface area (Å²) in [5, 5.41) is 7.04. The third-order valence-electron chi connectivity index (χ3n) is 8.14. The van der Waals surface area contributed by atoms with E-state index in [0.29, 0.717) is 34.1 Å². The minimum atomic E-state index is -0.617. The number of ether oxygens (including phenoxy) is 1. The second-order valence-electron chi connectivity index (χ2n) is 12.1. The number of fused-ring (bicyclic) bond motifs is 3. The number of benzene rings is 4. The van der Waals surface area contributed by atoms with E-state index in [0.717, 1.165) is 33.2 Å². The maximum absolute atomic E-state index is 15.2. The van der Waals surface area contributed by atoms with E-state index >= 15 is 8.78 Å². The van der Waals surface area contributed by atoms with Crippen LogP contribution in [-0.2, 0) is 21.1 Å². The van der Waals surface area contributed by atoms with Gasteiger partial charge in [-0.25, -0.2) is 13.8 Å². The third kappa shape index (κ3) is 5.78. The fraction of sp³-hybridized carbons (Fsp3) is 0.179. The van der Waals surface area contributed by atoms with Crippen molar-refractivity contribution < 1.29 is 34.6 Å². The van der Waals surface area contributed by atoms with Crippen molar-refractivity contribution in [2.75, 3.05) is 0 Å². The van der Waals surface area contributed by atoms with Gasteiger partial charge in [-0.05, 0) is 65.7 Å². The molecule has 7 rings (SSSR count). The second kappa shape index (κ2) is 12.9. The van der Waals surface area contributed by atoms with Crippen LogP contribution in [0.15, 0.2) is 91.1 Å². The van der Waals surface area contributed by atoms with Crippen LogP contribution in [0.2, 0.25) is 0 Å². The maximum atomic E-state index is 15.2. The zero-order valence-corrected chi connectivity index (χ0v) is 28.9. The molecule has 3 aromatic heterocycles. The Labute approximate surface area is 287 Å². The van der Waals surface area contributed by atoms with Crippen LogP contribution >= 0.6 is 0 Å². The van der Waals surface area contributed by atoms with Crippen molar-refractivity contribution in [1.82, 2.24) is 19.3 Å². The van der Waals surface area contributed by atoms with Crippen molar-refractivity contribution in [2.45, 2.75) is 46.5 Å². The van der Waals surface area contributed by atoms with E-state index in [2.05, 4.69) is 33.8 Å². The largest absolute Gasteiger partial charge is 2.00 e. The molecule has 0 spiro atoms. The first-order chi connectivity index (χ1) is 22.2. The van der Waals surface area contributed by atoms with E-state index < -0.39 is 11.6 Å². The standard InChI is InChI=1S/C39H32F2N4O.Pt/c1-23(2)38-37(36-31(40)13-9-14-32(36)41)39(24(3)4)45(43-38)26-10-8-11-27(21-26)46-28-16-17-30-29-12-6-7-15-33(29)44(34(30)22-28)35-20-25(5)18-19-42-35;/h6-20,23-24H,1-5H3;/q-2;+2. The Balaban J connectivity index is 0.00000386. The molecule has 0 amide bonds. The van der Waals surface area contributed by atoms with Gasteiger partial charge in [0.25, 0.3) is 0 Å². The van der Waals surface area contributed by atoms with E-state index in [1.54, 1.807) is 4.68 Å². The molecule has 0 N–H and O–H groups in total. The fourth-order valence-electron chi connectivity index (χ4n) is 6.11. The molecule has 0 saturated heterocycles. The summed E-state index contributed by atoms with van der Waals surface area (Å²) in [4.78, 5) is 4.66. The fourth-order valence-corrected chi connectivity index (χ4v) is 6.11. The van der Waals surface area contributed by atoms with Gasteiger partial charge in [0.05, 0.1) is 17.0 Å². The molecule has 0 saturated carbocycles. The van der Waals surface area contributed by atoms with Gasteiger partial charge in [0.15, 0.2) is 0 Å². The average Bonchev–Trinajstić information content (AvgIpc) is 3.58. The number of hydrogen-bond donors (Lipinski definition) is 0. The SMILES string of the molecule is Cc1ccnc(-n2c3[c-]c(Oc4[c-]c(-n5nc(C(C)C)c(-c6c(F)cccc6F)c5C(C)C)ccc4)ccc3c3ccccc32)c1.[Pt+2]. The molecule has 4 aromatic carbocycles. The van der Waals surface area contributed by atoms with Crippen LogP contribution in [-0.4, -0.2) is 19.3 Å². The van der Waals surface area contributed by atoms with E-state index in [4.69, 9.17) is 9.84 Å². The van der Waals surface area contributed by atoms with E-state index in [1.807, 2.05) is 95.4 Å². The molecule has 0 aliphatic heterocycles. The van der Waals surface area contributed by atoms with Crippen molar-refractivity contribution >= 4 is 21.8 Å². The number of aromatic nitrogens is 4. The number of para-hydroxylation sites is 1. The summed E-state index contributed by atoms with van der Waals surface area (Å²) in [6, 6.07) is 32.5. The van der Waals surface area contributed by atoms with Crippen molar-refractivity contribution in [3.8, 4) is 34.1 Å². The van der Waals surface area contributed by atoms with Crippen LogP contribution in [0, 0.1) is 30.7 Å². The molecule has 3 heterocycles. The Hall–Kier alpha value is -4.61. The molecule has 0 radical (unpaired) electrons. The summed E-state index contributed by atoms with van der Waals surface area (Å²) in [7, 11) is 0. The smallest absolute Gasteiger partial charge is 0.509 e. The monoisotopic (exact) mass is 805 g/mol. The molecule has 7 aromatic rings.